The number of hydrogen-bond acceptors (Lipinski definition) is 5. The molecule has 0 amide bonds. The molecule has 0 aromatic rings. The number of ether oxygens (including phenoxy) is 1. The Hall–Kier alpha value is 1.47. The number of rotatable bonds is 16. The molecule has 0 heterocycles. The summed E-state index contributed by atoms with van der Waals surface area (Å²) in [6.07, 6.45) is 12.9. The van der Waals surface area contributed by atoms with E-state index in [0.717, 1.165) is 13.0 Å². The molecule has 0 atom stereocenters. The van der Waals surface area contributed by atoms with Gasteiger partial charge in [-0.3, -0.25) is 4.18 Å². The fraction of sp³-hybridized carbons (Fsp3) is 1.00. The molecule has 0 aliphatic rings. The van der Waals surface area contributed by atoms with E-state index >= 15 is 0 Å². The summed E-state index contributed by atoms with van der Waals surface area (Å²) in [7, 11) is -4.53. The molecule has 0 fully saturated rings. The average Bonchev–Trinajstić information content (AvgIpc) is 2.42. The first kappa shape index (κ1) is 25.7. The van der Waals surface area contributed by atoms with E-state index in [-0.39, 0.29) is 58.0 Å². The summed E-state index contributed by atoms with van der Waals surface area (Å²) >= 11 is 0. The van der Waals surface area contributed by atoms with Crippen molar-refractivity contribution < 1.29 is 73.3 Å². The van der Waals surface area contributed by atoms with Crippen molar-refractivity contribution in [3.8, 4) is 0 Å². The van der Waals surface area contributed by atoms with Gasteiger partial charge in [0.05, 0.1) is 6.61 Å². The van der Waals surface area contributed by atoms with Gasteiger partial charge >= 0.3 is 51.4 Å². The van der Waals surface area contributed by atoms with Crippen molar-refractivity contribution in [3.63, 3.8) is 0 Å². The second kappa shape index (κ2) is 18.8. The molecule has 0 aromatic carbocycles. The maximum Gasteiger partial charge on any atom is 1.00 e. The van der Waals surface area contributed by atoms with Crippen molar-refractivity contribution >= 4 is 10.4 Å². The minimum atomic E-state index is -4.53. The van der Waals surface area contributed by atoms with Crippen molar-refractivity contribution in [2.45, 2.75) is 77.6 Å². The van der Waals surface area contributed by atoms with Crippen molar-refractivity contribution in [3.05, 3.63) is 0 Å². The van der Waals surface area contributed by atoms with E-state index in [9.17, 15) is 13.0 Å². The summed E-state index contributed by atoms with van der Waals surface area (Å²) in [6, 6.07) is 0. The van der Waals surface area contributed by atoms with Gasteiger partial charge in [0.2, 0.25) is 10.4 Å². The third kappa shape index (κ3) is 23.7. The van der Waals surface area contributed by atoms with Crippen LogP contribution in [0.2, 0.25) is 0 Å². The van der Waals surface area contributed by atoms with Gasteiger partial charge in [-0.05, 0) is 19.3 Å². The SMILES string of the molecule is CCCCCCCCCCCOCCCCOS(=O)(=O)[O-].[K+]. The van der Waals surface area contributed by atoms with E-state index in [1.54, 1.807) is 0 Å². The van der Waals surface area contributed by atoms with Gasteiger partial charge in [0.1, 0.15) is 0 Å². The van der Waals surface area contributed by atoms with Crippen LogP contribution >= 0.6 is 0 Å². The molecule has 128 valence electrons. The van der Waals surface area contributed by atoms with Crippen LogP contribution < -0.4 is 51.4 Å². The second-order valence-corrected chi connectivity index (χ2v) is 6.43. The summed E-state index contributed by atoms with van der Waals surface area (Å²) in [5.41, 5.74) is 0. The third-order valence-corrected chi connectivity index (χ3v) is 3.76. The smallest absolute Gasteiger partial charge is 0.726 e. The van der Waals surface area contributed by atoms with Crippen LogP contribution in [0.15, 0.2) is 0 Å². The van der Waals surface area contributed by atoms with Crippen LogP contribution in [0.1, 0.15) is 77.6 Å². The first-order valence-electron chi connectivity index (χ1n) is 8.24. The van der Waals surface area contributed by atoms with Crippen molar-refractivity contribution in [1.29, 1.82) is 0 Å². The molecule has 0 rings (SSSR count). The van der Waals surface area contributed by atoms with Crippen LogP contribution in [-0.4, -0.2) is 32.8 Å². The Bertz CT molecular complexity index is 309. The third-order valence-electron chi connectivity index (χ3n) is 3.30. The Morgan fingerprint density at radius 3 is 1.64 bits per heavy atom. The zero-order chi connectivity index (χ0) is 15.8. The molecule has 0 aromatic heterocycles. The van der Waals surface area contributed by atoms with Gasteiger partial charge in [-0.2, -0.15) is 0 Å². The summed E-state index contributed by atoms with van der Waals surface area (Å²) in [5, 5.41) is 0. The van der Waals surface area contributed by atoms with Crippen molar-refractivity contribution in [1.82, 2.24) is 0 Å². The Balaban J connectivity index is 0. The van der Waals surface area contributed by atoms with Gasteiger partial charge < -0.3 is 9.29 Å². The Morgan fingerprint density at radius 1 is 0.727 bits per heavy atom. The van der Waals surface area contributed by atoms with Gasteiger partial charge in [0.25, 0.3) is 0 Å². The van der Waals surface area contributed by atoms with Gasteiger partial charge in [0.15, 0.2) is 0 Å². The predicted molar refractivity (Wildman–Crippen MR) is 82.9 cm³/mol. The Morgan fingerprint density at radius 2 is 1.14 bits per heavy atom. The predicted octanol–water partition coefficient (Wildman–Crippen LogP) is 0.795. The van der Waals surface area contributed by atoms with E-state index in [4.69, 9.17) is 4.74 Å². The molecule has 5 nitrogen and oxygen atoms in total. The van der Waals surface area contributed by atoms with Crippen LogP contribution in [-0.2, 0) is 19.3 Å². The normalized spacial score (nSPS) is 11.4. The molecule has 0 saturated heterocycles. The second-order valence-electron chi connectivity index (χ2n) is 5.38. The van der Waals surface area contributed by atoms with Gasteiger partial charge in [-0.1, -0.05) is 58.3 Å². The molecule has 0 radical (unpaired) electrons. The maximum absolute atomic E-state index is 10.2. The Kier molecular flexibility index (Phi) is 22.0. The molecule has 0 bridgehead atoms. The largest absolute Gasteiger partial charge is 1.00 e. The zero-order valence-corrected chi connectivity index (χ0v) is 18.3. The molecule has 0 N–H and O–H groups in total. The van der Waals surface area contributed by atoms with Gasteiger partial charge in [-0.25, -0.2) is 8.42 Å². The van der Waals surface area contributed by atoms with Crippen LogP contribution in [0, 0.1) is 0 Å². The molecule has 7 heteroatoms. The van der Waals surface area contributed by atoms with Gasteiger partial charge in [0, 0.05) is 13.2 Å². The molecular formula is C15H31KO5S. The molecule has 0 aliphatic carbocycles. The summed E-state index contributed by atoms with van der Waals surface area (Å²) in [5.74, 6) is 0. The van der Waals surface area contributed by atoms with E-state index in [0.29, 0.717) is 19.4 Å². The quantitative estimate of drug-likeness (QED) is 0.176. The summed E-state index contributed by atoms with van der Waals surface area (Å²) in [4.78, 5) is 0. The van der Waals surface area contributed by atoms with E-state index in [1.165, 1.54) is 51.4 Å². The minimum absolute atomic E-state index is 0. The van der Waals surface area contributed by atoms with E-state index < -0.39 is 10.4 Å². The van der Waals surface area contributed by atoms with Crippen LogP contribution in [0.4, 0.5) is 0 Å². The maximum atomic E-state index is 10.2. The van der Waals surface area contributed by atoms with E-state index in [1.807, 2.05) is 0 Å². The first-order chi connectivity index (χ1) is 10.1. The van der Waals surface area contributed by atoms with Crippen LogP contribution in [0.3, 0.4) is 0 Å². The number of unbranched alkanes of at least 4 members (excludes halogenated alkanes) is 9. The zero-order valence-electron chi connectivity index (χ0n) is 14.3. The Labute approximate surface area is 179 Å². The van der Waals surface area contributed by atoms with Gasteiger partial charge in [-0.15, -0.1) is 0 Å². The van der Waals surface area contributed by atoms with Crippen molar-refractivity contribution in [2.75, 3.05) is 19.8 Å². The topological polar surface area (TPSA) is 75.7 Å². The molecule has 22 heavy (non-hydrogen) atoms. The molecular weight excluding hydrogens is 331 g/mol. The van der Waals surface area contributed by atoms with Crippen LogP contribution in [0.25, 0.3) is 0 Å². The standard InChI is InChI=1S/C15H32O5S.K/c1-2-3-4-5-6-7-8-9-10-13-19-14-11-12-15-20-21(16,17)18;/h2-15H2,1H3,(H,16,17,18);/q;+1/p-1. The minimum Gasteiger partial charge on any atom is -0.726 e. The molecule has 0 aliphatic heterocycles. The number of hydrogen-bond donors (Lipinski definition) is 0. The summed E-state index contributed by atoms with van der Waals surface area (Å²) in [6.45, 7) is 3.54. The molecule has 0 spiro atoms. The molecule has 0 unspecified atom stereocenters. The fourth-order valence-corrected chi connectivity index (χ4v) is 2.41. The first-order valence-corrected chi connectivity index (χ1v) is 9.57. The van der Waals surface area contributed by atoms with E-state index in [2.05, 4.69) is 11.1 Å². The monoisotopic (exact) mass is 362 g/mol. The van der Waals surface area contributed by atoms with Crippen molar-refractivity contribution in [2.24, 2.45) is 0 Å². The molecule has 0 saturated carbocycles. The fourth-order valence-electron chi connectivity index (χ4n) is 2.08. The average molecular weight is 363 g/mol. The van der Waals surface area contributed by atoms with Crippen LogP contribution in [0.5, 0.6) is 0 Å². The summed E-state index contributed by atoms with van der Waals surface area (Å²) < 4.78 is 40.0.